The van der Waals surface area contributed by atoms with E-state index in [1.54, 1.807) is 0 Å². The van der Waals surface area contributed by atoms with Crippen LogP contribution in [-0.4, -0.2) is 6.10 Å². The van der Waals surface area contributed by atoms with E-state index in [1.165, 1.54) is 44.1 Å². The summed E-state index contributed by atoms with van der Waals surface area (Å²) in [5.74, 6) is 0. The van der Waals surface area contributed by atoms with Crippen molar-refractivity contribution in [1.82, 2.24) is 0 Å². The number of hydrogen-bond donors (Lipinski definition) is 0. The predicted octanol–water partition coefficient (Wildman–Crippen LogP) is 4.49. The summed E-state index contributed by atoms with van der Waals surface area (Å²) in [4.78, 5) is 0. The van der Waals surface area contributed by atoms with Crippen molar-refractivity contribution in [3.05, 3.63) is 35.9 Å². The Morgan fingerprint density at radius 3 is 2.75 bits per heavy atom. The highest BCUT2D eigenvalue weighted by Crippen LogP contribution is 2.32. The van der Waals surface area contributed by atoms with Gasteiger partial charge in [-0.3, -0.25) is 0 Å². The molecule has 88 valence electrons. The fourth-order valence-electron chi connectivity index (χ4n) is 2.46. The van der Waals surface area contributed by atoms with Gasteiger partial charge in [0.2, 0.25) is 0 Å². The maximum atomic E-state index is 6.17. The summed E-state index contributed by atoms with van der Waals surface area (Å²) in [6.45, 7) is 2.25. The SMILES string of the molecule is CCCC[C@@H]1CCC[C@@H](c2ccccc2)O1. The van der Waals surface area contributed by atoms with Crippen LogP contribution < -0.4 is 0 Å². The second-order valence-corrected chi connectivity index (χ2v) is 4.73. The minimum Gasteiger partial charge on any atom is -0.370 e. The van der Waals surface area contributed by atoms with Crippen molar-refractivity contribution in [2.24, 2.45) is 0 Å². The summed E-state index contributed by atoms with van der Waals surface area (Å²) in [6.07, 6.45) is 8.40. The molecule has 1 aliphatic rings. The van der Waals surface area contributed by atoms with Crippen LogP contribution in [0.2, 0.25) is 0 Å². The largest absolute Gasteiger partial charge is 0.370 e. The normalized spacial score (nSPS) is 25.6. The zero-order valence-electron chi connectivity index (χ0n) is 10.2. The van der Waals surface area contributed by atoms with Crippen LogP contribution in [0.1, 0.15) is 57.1 Å². The van der Waals surface area contributed by atoms with Crippen LogP contribution in [0.5, 0.6) is 0 Å². The van der Waals surface area contributed by atoms with Crippen LogP contribution >= 0.6 is 0 Å². The molecule has 1 aromatic rings. The molecule has 1 heterocycles. The van der Waals surface area contributed by atoms with E-state index < -0.39 is 0 Å². The van der Waals surface area contributed by atoms with E-state index in [0.717, 1.165) is 0 Å². The van der Waals surface area contributed by atoms with Crippen molar-refractivity contribution in [3.63, 3.8) is 0 Å². The van der Waals surface area contributed by atoms with Gasteiger partial charge in [-0.1, -0.05) is 50.1 Å². The number of ether oxygens (including phenoxy) is 1. The maximum absolute atomic E-state index is 6.17. The minimum atomic E-state index is 0.344. The van der Waals surface area contributed by atoms with Gasteiger partial charge in [-0.05, 0) is 31.2 Å². The van der Waals surface area contributed by atoms with Crippen LogP contribution in [0, 0.1) is 0 Å². The third kappa shape index (κ3) is 3.08. The molecule has 0 spiro atoms. The molecular weight excluding hydrogens is 196 g/mol. The van der Waals surface area contributed by atoms with Crippen LogP contribution in [-0.2, 0) is 4.74 Å². The second kappa shape index (κ2) is 6.05. The smallest absolute Gasteiger partial charge is 0.0828 e. The first-order valence-electron chi connectivity index (χ1n) is 6.60. The van der Waals surface area contributed by atoms with Gasteiger partial charge < -0.3 is 4.74 Å². The molecule has 2 atom stereocenters. The molecule has 1 heteroatoms. The van der Waals surface area contributed by atoms with Gasteiger partial charge in [-0.25, -0.2) is 0 Å². The van der Waals surface area contributed by atoms with Crippen LogP contribution in [0.3, 0.4) is 0 Å². The van der Waals surface area contributed by atoms with E-state index in [2.05, 4.69) is 37.3 Å². The first kappa shape index (κ1) is 11.7. The van der Waals surface area contributed by atoms with E-state index in [9.17, 15) is 0 Å². The van der Waals surface area contributed by atoms with Crippen LogP contribution in [0.4, 0.5) is 0 Å². The molecule has 2 rings (SSSR count). The van der Waals surface area contributed by atoms with Gasteiger partial charge in [-0.2, -0.15) is 0 Å². The highest BCUT2D eigenvalue weighted by atomic mass is 16.5. The fourth-order valence-corrected chi connectivity index (χ4v) is 2.46. The third-order valence-electron chi connectivity index (χ3n) is 3.40. The zero-order chi connectivity index (χ0) is 11.2. The average molecular weight is 218 g/mol. The topological polar surface area (TPSA) is 9.23 Å². The molecule has 0 aromatic heterocycles. The summed E-state index contributed by atoms with van der Waals surface area (Å²) >= 11 is 0. The van der Waals surface area contributed by atoms with Gasteiger partial charge in [0.1, 0.15) is 0 Å². The second-order valence-electron chi connectivity index (χ2n) is 4.73. The van der Waals surface area contributed by atoms with E-state index in [-0.39, 0.29) is 0 Å². The van der Waals surface area contributed by atoms with Gasteiger partial charge in [0.25, 0.3) is 0 Å². The Morgan fingerprint density at radius 2 is 2.00 bits per heavy atom. The molecule has 1 saturated heterocycles. The predicted molar refractivity (Wildman–Crippen MR) is 67.4 cm³/mol. The molecule has 0 bridgehead atoms. The Morgan fingerprint density at radius 1 is 1.19 bits per heavy atom. The first-order valence-corrected chi connectivity index (χ1v) is 6.60. The monoisotopic (exact) mass is 218 g/mol. The molecule has 1 aromatic carbocycles. The maximum Gasteiger partial charge on any atom is 0.0828 e. The van der Waals surface area contributed by atoms with Gasteiger partial charge in [0.15, 0.2) is 0 Å². The number of benzene rings is 1. The van der Waals surface area contributed by atoms with Gasteiger partial charge in [-0.15, -0.1) is 0 Å². The lowest BCUT2D eigenvalue weighted by Crippen LogP contribution is -2.22. The molecule has 0 amide bonds. The quantitative estimate of drug-likeness (QED) is 0.723. The minimum absolute atomic E-state index is 0.344. The molecule has 0 saturated carbocycles. The first-order chi connectivity index (χ1) is 7.90. The molecule has 16 heavy (non-hydrogen) atoms. The highest BCUT2D eigenvalue weighted by molar-refractivity contribution is 5.17. The molecule has 0 unspecified atom stereocenters. The molecular formula is C15H22O. The van der Waals surface area contributed by atoms with Crippen molar-refractivity contribution >= 4 is 0 Å². The van der Waals surface area contributed by atoms with Crippen LogP contribution in [0.15, 0.2) is 30.3 Å². The Kier molecular flexibility index (Phi) is 4.41. The standard InChI is InChI=1S/C15H22O/c1-2-3-10-14-11-7-12-15(16-14)13-8-5-4-6-9-13/h4-6,8-9,14-15H,2-3,7,10-12H2,1H3/t14-,15+/m1/s1. The Labute approximate surface area is 98.8 Å². The zero-order valence-corrected chi connectivity index (χ0v) is 10.2. The van der Waals surface area contributed by atoms with Crippen molar-refractivity contribution in [3.8, 4) is 0 Å². The summed E-state index contributed by atoms with van der Waals surface area (Å²) in [7, 11) is 0. The van der Waals surface area contributed by atoms with Gasteiger partial charge >= 0.3 is 0 Å². The molecule has 0 aliphatic carbocycles. The molecule has 1 fully saturated rings. The average Bonchev–Trinajstić information content (AvgIpc) is 2.38. The molecule has 0 N–H and O–H groups in total. The number of hydrogen-bond acceptors (Lipinski definition) is 1. The van der Waals surface area contributed by atoms with Gasteiger partial charge in [0.05, 0.1) is 12.2 Å². The van der Waals surface area contributed by atoms with E-state index in [4.69, 9.17) is 4.74 Å². The lowest BCUT2D eigenvalue weighted by atomic mass is 9.96. The van der Waals surface area contributed by atoms with E-state index in [1.807, 2.05) is 0 Å². The summed E-state index contributed by atoms with van der Waals surface area (Å²) in [5, 5.41) is 0. The van der Waals surface area contributed by atoms with E-state index in [0.29, 0.717) is 12.2 Å². The number of unbranched alkanes of at least 4 members (excludes halogenated alkanes) is 1. The Balaban J connectivity index is 1.91. The van der Waals surface area contributed by atoms with Crippen molar-refractivity contribution in [2.45, 2.75) is 57.7 Å². The molecule has 1 nitrogen and oxygen atoms in total. The summed E-state index contributed by atoms with van der Waals surface area (Å²) in [6, 6.07) is 10.7. The van der Waals surface area contributed by atoms with Crippen molar-refractivity contribution in [1.29, 1.82) is 0 Å². The summed E-state index contributed by atoms with van der Waals surface area (Å²) in [5.41, 5.74) is 1.35. The fraction of sp³-hybridized carbons (Fsp3) is 0.600. The lowest BCUT2D eigenvalue weighted by Gasteiger charge is -2.30. The van der Waals surface area contributed by atoms with E-state index >= 15 is 0 Å². The molecule has 0 radical (unpaired) electrons. The number of rotatable bonds is 4. The Hall–Kier alpha value is -0.820. The summed E-state index contributed by atoms with van der Waals surface area (Å²) < 4.78 is 6.17. The van der Waals surface area contributed by atoms with Gasteiger partial charge in [0, 0.05) is 0 Å². The Bertz CT molecular complexity index is 294. The van der Waals surface area contributed by atoms with Crippen molar-refractivity contribution in [2.75, 3.05) is 0 Å². The highest BCUT2D eigenvalue weighted by Gasteiger charge is 2.22. The third-order valence-corrected chi connectivity index (χ3v) is 3.40. The lowest BCUT2D eigenvalue weighted by molar-refractivity contribution is -0.0556. The van der Waals surface area contributed by atoms with Crippen molar-refractivity contribution < 1.29 is 4.74 Å². The van der Waals surface area contributed by atoms with Crippen LogP contribution in [0.25, 0.3) is 0 Å². The molecule has 1 aliphatic heterocycles.